The van der Waals surface area contributed by atoms with E-state index in [9.17, 15) is 4.79 Å². The zero-order chi connectivity index (χ0) is 7.28. The number of halogens is 1. The van der Waals surface area contributed by atoms with E-state index in [0.717, 1.165) is 6.42 Å². The number of hydrogen-bond acceptors (Lipinski definition) is 3. The molecule has 0 aliphatic carbocycles. The fraction of sp³-hybridized carbons (Fsp3) is 0.833. The number of rotatable bonds is 3. The molecule has 1 atom stereocenters. The Morgan fingerprint density at radius 3 is 2.50 bits per heavy atom. The third-order valence-corrected chi connectivity index (χ3v) is 1.10. The maximum absolute atomic E-state index is 10.6. The summed E-state index contributed by atoms with van der Waals surface area (Å²) in [4.78, 5) is 10.6. The fourth-order valence-electron chi connectivity index (χ4n) is 0.580. The third-order valence-electron chi connectivity index (χ3n) is 1.10. The minimum Gasteiger partial charge on any atom is -0.468 e. The largest absolute Gasteiger partial charge is 0.468 e. The molecular weight excluding hydrogens is 154 g/mol. The number of carbonyl (C=O) groups is 1. The van der Waals surface area contributed by atoms with Gasteiger partial charge in [-0.2, -0.15) is 0 Å². The smallest absolute Gasteiger partial charge is 0.322 e. The van der Waals surface area contributed by atoms with Gasteiger partial charge in [-0.15, -0.1) is 12.4 Å². The molecule has 0 bridgehead atoms. The Kier molecular flexibility index (Phi) is 8.48. The van der Waals surface area contributed by atoms with Gasteiger partial charge in [0.2, 0.25) is 0 Å². The quantitative estimate of drug-likeness (QED) is 0.630. The summed E-state index contributed by atoms with van der Waals surface area (Å²) < 4.78 is 4.40. The molecule has 0 aromatic rings. The molecule has 0 rings (SSSR count). The minimum atomic E-state index is -0.431. The Morgan fingerprint density at radius 1 is 1.70 bits per heavy atom. The number of methoxy groups -OCH3 is 1. The van der Waals surface area contributed by atoms with Crippen LogP contribution in [0.5, 0.6) is 0 Å². The molecule has 0 saturated heterocycles. The summed E-state index contributed by atoms with van der Waals surface area (Å²) in [5, 5.41) is 0. The lowest BCUT2D eigenvalue weighted by molar-refractivity contribution is -0.142. The van der Waals surface area contributed by atoms with Crippen LogP contribution in [-0.2, 0) is 9.53 Å². The van der Waals surface area contributed by atoms with Gasteiger partial charge >= 0.3 is 5.97 Å². The van der Waals surface area contributed by atoms with Crippen LogP contribution in [0.3, 0.4) is 0 Å². The Balaban J connectivity index is 0. The summed E-state index contributed by atoms with van der Waals surface area (Å²) in [6.07, 6.45) is 1.61. The van der Waals surface area contributed by atoms with E-state index in [-0.39, 0.29) is 18.4 Å². The molecule has 0 heterocycles. The van der Waals surface area contributed by atoms with Gasteiger partial charge in [-0.3, -0.25) is 4.79 Å². The van der Waals surface area contributed by atoms with Crippen molar-refractivity contribution in [3.8, 4) is 0 Å². The summed E-state index contributed by atoms with van der Waals surface area (Å²) in [5.74, 6) is -0.322. The number of hydrogen-bond donors (Lipinski definition) is 1. The van der Waals surface area contributed by atoms with Crippen LogP contribution in [-0.4, -0.2) is 19.1 Å². The fourth-order valence-corrected chi connectivity index (χ4v) is 0.580. The molecule has 0 aliphatic rings. The first-order valence-electron chi connectivity index (χ1n) is 3.05. The van der Waals surface area contributed by atoms with E-state index in [1.54, 1.807) is 0 Å². The maximum atomic E-state index is 10.6. The number of nitrogens with two attached hydrogens (primary N) is 1. The van der Waals surface area contributed by atoms with Gasteiger partial charge in [-0.05, 0) is 6.42 Å². The predicted molar refractivity (Wildman–Crippen MR) is 42.1 cm³/mol. The lowest BCUT2D eigenvalue weighted by Gasteiger charge is -2.05. The van der Waals surface area contributed by atoms with Crippen molar-refractivity contribution in [3.63, 3.8) is 0 Å². The molecule has 2 N–H and O–H groups in total. The molecule has 0 spiro atoms. The highest BCUT2D eigenvalue weighted by Crippen LogP contribution is 1.93. The van der Waals surface area contributed by atoms with E-state index in [2.05, 4.69) is 4.74 Å². The van der Waals surface area contributed by atoms with Crippen molar-refractivity contribution >= 4 is 18.4 Å². The van der Waals surface area contributed by atoms with Crippen LogP contribution in [0.2, 0.25) is 0 Å². The second-order valence-electron chi connectivity index (χ2n) is 1.92. The molecule has 0 amide bonds. The summed E-state index contributed by atoms with van der Waals surface area (Å²) in [6, 6.07) is -0.431. The highest BCUT2D eigenvalue weighted by molar-refractivity contribution is 5.85. The van der Waals surface area contributed by atoms with E-state index >= 15 is 0 Å². The minimum absolute atomic E-state index is 0. The maximum Gasteiger partial charge on any atom is 0.322 e. The molecule has 0 unspecified atom stereocenters. The van der Waals surface area contributed by atoms with Gasteiger partial charge in [0, 0.05) is 0 Å². The zero-order valence-electron chi connectivity index (χ0n) is 6.29. The molecule has 0 aromatic heterocycles. The first-order chi connectivity index (χ1) is 4.22. The predicted octanol–water partition coefficient (Wildman–Crippen LogP) is 0.709. The van der Waals surface area contributed by atoms with Gasteiger partial charge in [-0.1, -0.05) is 13.3 Å². The first kappa shape index (κ1) is 12.4. The Morgan fingerprint density at radius 2 is 2.20 bits per heavy atom. The molecule has 10 heavy (non-hydrogen) atoms. The molecule has 0 aromatic carbocycles. The van der Waals surface area contributed by atoms with E-state index in [1.165, 1.54) is 7.11 Å². The van der Waals surface area contributed by atoms with Crippen LogP contribution in [0.4, 0.5) is 0 Å². The van der Waals surface area contributed by atoms with Crippen LogP contribution < -0.4 is 5.73 Å². The summed E-state index contributed by atoms with van der Waals surface area (Å²) in [5.41, 5.74) is 5.36. The standard InChI is InChI=1S/C6H13NO2.ClH/c1-3-4-5(7)6(8)9-2;/h5H,3-4,7H2,1-2H3;1H/t5-;/m0./s1. The topological polar surface area (TPSA) is 52.3 Å². The van der Waals surface area contributed by atoms with Crippen molar-refractivity contribution in [2.45, 2.75) is 25.8 Å². The average Bonchev–Trinajstić information content (AvgIpc) is 1.87. The molecule has 0 fully saturated rings. The Bertz CT molecular complexity index is 97.7. The highest BCUT2D eigenvalue weighted by atomic mass is 35.5. The molecule has 0 radical (unpaired) electrons. The van der Waals surface area contributed by atoms with Crippen LogP contribution in [0.15, 0.2) is 0 Å². The number of carbonyl (C=O) groups excluding carboxylic acids is 1. The molecule has 4 heteroatoms. The summed E-state index contributed by atoms with van der Waals surface area (Å²) in [7, 11) is 1.35. The van der Waals surface area contributed by atoms with Gasteiger partial charge in [0.1, 0.15) is 6.04 Å². The molecule has 0 aliphatic heterocycles. The Labute approximate surface area is 67.3 Å². The van der Waals surface area contributed by atoms with Gasteiger partial charge in [0.15, 0.2) is 0 Å². The summed E-state index contributed by atoms with van der Waals surface area (Å²) >= 11 is 0. The van der Waals surface area contributed by atoms with Crippen molar-refractivity contribution in [2.75, 3.05) is 7.11 Å². The molecular formula is C6H14ClNO2. The van der Waals surface area contributed by atoms with E-state index in [0.29, 0.717) is 6.42 Å². The average molecular weight is 168 g/mol. The van der Waals surface area contributed by atoms with Crippen molar-refractivity contribution in [2.24, 2.45) is 5.73 Å². The molecule has 0 saturated carbocycles. The third kappa shape index (κ3) is 4.58. The SMILES string of the molecule is CCC[C@H](N)C(=O)OC.Cl. The van der Waals surface area contributed by atoms with E-state index in [4.69, 9.17) is 5.73 Å². The van der Waals surface area contributed by atoms with Crippen LogP contribution in [0, 0.1) is 0 Å². The zero-order valence-corrected chi connectivity index (χ0v) is 7.11. The van der Waals surface area contributed by atoms with Crippen molar-refractivity contribution < 1.29 is 9.53 Å². The van der Waals surface area contributed by atoms with Crippen molar-refractivity contribution in [1.29, 1.82) is 0 Å². The second kappa shape index (κ2) is 6.83. The molecule has 62 valence electrons. The second-order valence-corrected chi connectivity index (χ2v) is 1.92. The van der Waals surface area contributed by atoms with Crippen molar-refractivity contribution in [1.82, 2.24) is 0 Å². The summed E-state index contributed by atoms with van der Waals surface area (Å²) in [6.45, 7) is 1.98. The number of esters is 1. The van der Waals surface area contributed by atoms with E-state index in [1.807, 2.05) is 6.92 Å². The van der Waals surface area contributed by atoms with E-state index < -0.39 is 6.04 Å². The number of ether oxygens (including phenoxy) is 1. The van der Waals surface area contributed by atoms with Crippen LogP contribution in [0.25, 0.3) is 0 Å². The van der Waals surface area contributed by atoms with Gasteiger partial charge < -0.3 is 10.5 Å². The highest BCUT2D eigenvalue weighted by Gasteiger charge is 2.10. The monoisotopic (exact) mass is 167 g/mol. The van der Waals surface area contributed by atoms with Crippen molar-refractivity contribution in [3.05, 3.63) is 0 Å². The first-order valence-corrected chi connectivity index (χ1v) is 3.05. The van der Waals surface area contributed by atoms with Gasteiger partial charge in [0.05, 0.1) is 7.11 Å². The van der Waals surface area contributed by atoms with Gasteiger partial charge in [-0.25, -0.2) is 0 Å². The lowest BCUT2D eigenvalue weighted by Crippen LogP contribution is -2.31. The molecule has 3 nitrogen and oxygen atoms in total. The van der Waals surface area contributed by atoms with Crippen LogP contribution >= 0.6 is 12.4 Å². The van der Waals surface area contributed by atoms with Crippen LogP contribution in [0.1, 0.15) is 19.8 Å². The lowest BCUT2D eigenvalue weighted by atomic mass is 10.2. The Hall–Kier alpha value is -0.280. The van der Waals surface area contributed by atoms with Gasteiger partial charge in [0.25, 0.3) is 0 Å². The normalized spacial score (nSPS) is 11.5.